The number of carbonyl (C=O) groups is 1. The lowest BCUT2D eigenvalue weighted by Crippen LogP contribution is -2.52. The maximum atomic E-state index is 12.9. The van der Waals surface area contributed by atoms with Gasteiger partial charge < -0.3 is 14.7 Å². The largest absolute Gasteiger partial charge is 0.480 e. The van der Waals surface area contributed by atoms with Crippen LogP contribution in [0.1, 0.15) is 45.1 Å². The van der Waals surface area contributed by atoms with E-state index in [4.69, 9.17) is 4.74 Å². The molecule has 2 heterocycles. The Balaban J connectivity index is 1.81. The predicted molar refractivity (Wildman–Crippen MR) is 80.3 cm³/mol. The summed E-state index contributed by atoms with van der Waals surface area (Å²) in [6.45, 7) is 6.29. The van der Waals surface area contributed by atoms with Crippen molar-refractivity contribution in [1.82, 2.24) is 4.90 Å². The summed E-state index contributed by atoms with van der Waals surface area (Å²) in [5.41, 5.74) is 0.218. The van der Waals surface area contributed by atoms with Gasteiger partial charge in [0, 0.05) is 18.0 Å². The van der Waals surface area contributed by atoms with E-state index in [1.165, 1.54) is 0 Å². The van der Waals surface area contributed by atoms with Crippen molar-refractivity contribution in [3.05, 3.63) is 29.8 Å². The smallest absolute Gasteiger partial charge is 0.264 e. The number of rotatable bonds is 2. The van der Waals surface area contributed by atoms with E-state index in [-0.39, 0.29) is 17.9 Å². The first kappa shape index (κ1) is 14.4. The molecule has 3 atom stereocenters. The second-order valence-corrected chi connectivity index (χ2v) is 6.71. The fraction of sp³-hybridized carbons (Fsp3) is 0.588. The summed E-state index contributed by atoms with van der Waals surface area (Å²) < 4.78 is 5.88. The van der Waals surface area contributed by atoms with Crippen LogP contribution in [0.15, 0.2) is 24.3 Å². The van der Waals surface area contributed by atoms with Crippen LogP contribution in [0.5, 0.6) is 5.75 Å². The maximum Gasteiger partial charge on any atom is 0.264 e. The van der Waals surface area contributed by atoms with Gasteiger partial charge in [-0.2, -0.15) is 0 Å². The standard InChI is InChI=1S/C17H23NO3/c1-11-12-7-4-5-8-13(12)21-15(11)16(19)18-10-6-9-14(18)17(2,3)20/h4-5,7-8,11,14-15,20H,6,9-10H2,1-3H3. The summed E-state index contributed by atoms with van der Waals surface area (Å²) in [7, 11) is 0. The summed E-state index contributed by atoms with van der Waals surface area (Å²) in [6, 6.07) is 7.71. The van der Waals surface area contributed by atoms with Crippen molar-refractivity contribution < 1.29 is 14.6 Å². The molecule has 0 aliphatic carbocycles. The highest BCUT2D eigenvalue weighted by molar-refractivity contribution is 5.84. The van der Waals surface area contributed by atoms with Gasteiger partial charge >= 0.3 is 0 Å². The molecular weight excluding hydrogens is 266 g/mol. The van der Waals surface area contributed by atoms with E-state index in [0.29, 0.717) is 6.54 Å². The van der Waals surface area contributed by atoms with Gasteiger partial charge in [0.2, 0.25) is 0 Å². The Bertz CT molecular complexity index is 549. The van der Waals surface area contributed by atoms with Gasteiger partial charge in [-0.1, -0.05) is 25.1 Å². The number of carbonyl (C=O) groups excluding carboxylic acids is 1. The van der Waals surface area contributed by atoms with E-state index in [0.717, 1.165) is 24.2 Å². The molecule has 21 heavy (non-hydrogen) atoms. The monoisotopic (exact) mass is 289 g/mol. The molecule has 3 unspecified atom stereocenters. The normalized spacial score (nSPS) is 28.4. The van der Waals surface area contributed by atoms with E-state index in [2.05, 4.69) is 0 Å². The third-order valence-electron chi connectivity index (χ3n) is 4.71. The lowest BCUT2D eigenvalue weighted by atomic mass is 9.94. The van der Waals surface area contributed by atoms with Gasteiger partial charge in [-0.15, -0.1) is 0 Å². The van der Waals surface area contributed by atoms with Crippen LogP contribution in [0.4, 0.5) is 0 Å². The Morgan fingerprint density at radius 2 is 2.10 bits per heavy atom. The highest BCUT2D eigenvalue weighted by Crippen LogP contribution is 2.39. The van der Waals surface area contributed by atoms with Crippen molar-refractivity contribution in [3.8, 4) is 5.75 Å². The quantitative estimate of drug-likeness (QED) is 0.909. The van der Waals surface area contributed by atoms with E-state index in [9.17, 15) is 9.90 Å². The lowest BCUT2D eigenvalue weighted by molar-refractivity contribution is -0.144. The average Bonchev–Trinajstić information content (AvgIpc) is 3.03. The van der Waals surface area contributed by atoms with Gasteiger partial charge in [-0.25, -0.2) is 0 Å². The van der Waals surface area contributed by atoms with Crippen LogP contribution in [0, 0.1) is 0 Å². The van der Waals surface area contributed by atoms with Crippen LogP contribution in [-0.2, 0) is 4.79 Å². The number of hydrogen-bond acceptors (Lipinski definition) is 3. The SMILES string of the molecule is CC1c2ccccc2OC1C(=O)N1CCCC1C(C)(C)O. The zero-order valence-corrected chi connectivity index (χ0v) is 12.9. The molecule has 114 valence electrons. The number of ether oxygens (including phenoxy) is 1. The van der Waals surface area contributed by atoms with E-state index < -0.39 is 11.7 Å². The fourth-order valence-electron chi connectivity index (χ4n) is 3.56. The van der Waals surface area contributed by atoms with Gasteiger partial charge in [0.1, 0.15) is 5.75 Å². The molecule has 2 aliphatic heterocycles. The van der Waals surface area contributed by atoms with E-state index in [1.807, 2.05) is 36.1 Å². The second-order valence-electron chi connectivity index (χ2n) is 6.71. The third-order valence-corrected chi connectivity index (χ3v) is 4.71. The van der Waals surface area contributed by atoms with Crippen molar-refractivity contribution in [2.45, 2.75) is 57.3 Å². The zero-order chi connectivity index (χ0) is 15.2. The summed E-state index contributed by atoms with van der Waals surface area (Å²) in [5, 5.41) is 10.3. The fourth-order valence-corrected chi connectivity index (χ4v) is 3.56. The van der Waals surface area contributed by atoms with Crippen LogP contribution in [0.2, 0.25) is 0 Å². The molecular formula is C17H23NO3. The molecule has 0 bridgehead atoms. The van der Waals surface area contributed by atoms with Crippen LogP contribution in [0.3, 0.4) is 0 Å². The molecule has 0 saturated carbocycles. The summed E-state index contributed by atoms with van der Waals surface area (Å²) in [6.07, 6.45) is 1.32. The molecule has 1 aromatic rings. The first-order valence-electron chi connectivity index (χ1n) is 7.68. The average molecular weight is 289 g/mol. The number of para-hydroxylation sites is 1. The van der Waals surface area contributed by atoms with Gasteiger partial charge in [0.05, 0.1) is 11.6 Å². The maximum absolute atomic E-state index is 12.9. The van der Waals surface area contributed by atoms with Crippen LogP contribution in [-0.4, -0.2) is 40.2 Å². The molecule has 2 aliphatic rings. The zero-order valence-electron chi connectivity index (χ0n) is 12.9. The third kappa shape index (κ3) is 2.42. The Labute approximate surface area is 125 Å². The number of aliphatic hydroxyl groups is 1. The molecule has 0 spiro atoms. The van der Waals surface area contributed by atoms with Crippen molar-refractivity contribution in [3.63, 3.8) is 0 Å². The number of amides is 1. The predicted octanol–water partition coefficient (Wildman–Crippen LogP) is 2.31. The Kier molecular flexibility index (Phi) is 3.44. The second kappa shape index (κ2) is 5.02. The van der Waals surface area contributed by atoms with Gasteiger partial charge in [0.15, 0.2) is 6.10 Å². The van der Waals surface area contributed by atoms with Crippen molar-refractivity contribution >= 4 is 5.91 Å². The van der Waals surface area contributed by atoms with Gasteiger partial charge in [-0.3, -0.25) is 4.79 Å². The number of nitrogens with zero attached hydrogens (tertiary/aromatic N) is 1. The van der Waals surface area contributed by atoms with Gasteiger partial charge in [0.25, 0.3) is 5.91 Å². The summed E-state index contributed by atoms with van der Waals surface area (Å²) in [5.74, 6) is 0.863. The molecule has 1 N–H and O–H groups in total. The highest BCUT2D eigenvalue weighted by Gasteiger charge is 2.45. The molecule has 3 rings (SSSR count). The molecule has 4 heteroatoms. The number of benzene rings is 1. The Morgan fingerprint density at radius 1 is 1.38 bits per heavy atom. The summed E-state index contributed by atoms with van der Waals surface area (Å²) in [4.78, 5) is 14.7. The first-order valence-corrected chi connectivity index (χ1v) is 7.68. The minimum Gasteiger partial charge on any atom is -0.480 e. The van der Waals surface area contributed by atoms with Crippen molar-refractivity contribution in [2.24, 2.45) is 0 Å². The number of fused-ring (bicyclic) bond motifs is 1. The minimum atomic E-state index is -0.874. The molecule has 0 aromatic heterocycles. The number of hydrogen-bond donors (Lipinski definition) is 1. The van der Waals surface area contributed by atoms with Gasteiger partial charge in [-0.05, 0) is 32.8 Å². The molecule has 1 amide bonds. The van der Waals surface area contributed by atoms with E-state index in [1.54, 1.807) is 13.8 Å². The van der Waals surface area contributed by atoms with Crippen LogP contribution in [0.25, 0.3) is 0 Å². The topological polar surface area (TPSA) is 49.8 Å². The Hall–Kier alpha value is -1.55. The van der Waals surface area contributed by atoms with Crippen molar-refractivity contribution in [2.75, 3.05) is 6.54 Å². The number of likely N-dealkylation sites (tertiary alicyclic amines) is 1. The Morgan fingerprint density at radius 3 is 2.76 bits per heavy atom. The molecule has 1 aromatic carbocycles. The van der Waals surface area contributed by atoms with Crippen LogP contribution >= 0.6 is 0 Å². The van der Waals surface area contributed by atoms with E-state index >= 15 is 0 Å². The molecule has 1 saturated heterocycles. The molecule has 1 fully saturated rings. The van der Waals surface area contributed by atoms with Crippen LogP contribution < -0.4 is 4.74 Å². The highest BCUT2D eigenvalue weighted by atomic mass is 16.5. The molecule has 0 radical (unpaired) electrons. The molecule has 4 nitrogen and oxygen atoms in total. The lowest BCUT2D eigenvalue weighted by Gasteiger charge is -2.35. The minimum absolute atomic E-state index is 0.00308. The first-order chi connectivity index (χ1) is 9.89. The summed E-state index contributed by atoms with van der Waals surface area (Å²) >= 11 is 0. The van der Waals surface area contributed by atoms with Crippen molar-refractivity contribution in [1.29, 1.82) is 0 Å².